The lowest BCUT2D eigenvalue weighted by Crippen LogP contribution is -2.57. The zero-order chi connectivity index (χ0) is 14.7. The molecule has 20 heavy (non-hydrogen) atoms. The molecule has 108 valence electrons. The van der Waals surface area contributed by atoms with E-state index in [0.29, 0.717) is 0 Å². The SMILES string of the molecule is CCC(NC)c1ccccc1N1CC(=O)NC(=O)C1C. The highest BCUT2D eigenvalue weighted by atomic mass is 16.2. The van der Waals surface area contributed by atoms with Gasteiger partial charge in [0.25, 0.3) is 0 Å². The van der Waals surface area contributed by atoms with Crippen LogP contribution in [0.2, 0.25) is 0 Å². The molecule has 1 fully saturated rings. The minimum atomic E-state index is -0.344. The highest BCUT2D eigenvalue weighted by Crippen LogP contribution is 2.30. The van der Waals surface area contributed by atoms with Crippen LogP contribution >= 0.6 is 0 Å². The molecule has 2 rings (SSSR count). The second-order valence-electron chi connectivity index (χ2n) is 5.02. The van der Waals surface area contributed by atoms with Gasteiger partial charge in [-0.1, -0.05) is 25.1 Å². The smallest absolute Gasteiger partial charge is 0.249 e. The number of hydrogen-bond donors (Lipinski definition) is 2. The van der Waals surface area contributed by atoms with Crippen molar-refractivity contribution in [1.29, 1.82) is 0 Å². The standard InChI is InChI=1S/C15H21N3O2/c1-4-12(16-3)11-7-5-6-8-13(11)18-9-14(19)17-15(20)10(18)2/h5-8,10,12,16H,4,9H2,1-3H3,(H,17,19,20). The largest absolute Gasteiger partial charge is 0.350 e. The number of carbonyl (C=O) groups is 2. The Labute approximate surface area is 119 Å². The van der Waals surface area contributed by atoms with E-state index in [9.17, 15) is 9.59 Å². The Kier molecular flexibility index (Phi) is 4.39. The lowest BCUT2D eigenvalue weighted by Gasteiger charge is -2.36. The Balaban J connectivity index is 2.41. The average Bonchev–Trinajstić information content (AvgIpc) is 2.45. The van der Waals surface area contributed by atoms with E-state index >= 15 is 0 Å². The number of anilines is 1. The van der Waals surface area contributed by atoms with E-state index in [1.165, 1.54) is 0 Å². The van der Waals surface area contributed by atoms with Crippen molar-refractivity contribution in [2.24, 2.45) is 0 Å². The van der Waals surface area contributed by atoms with Crippen molar-refractivity contribution >= 4 is 17.5 Å². The molecule has 2 atom stereocenters. The van der Waals surface area contributed by atoms with Gasteiger partial charge in [0.2, 0.25) is 11.8 Å². The van der Waals surface area contributed by atoms with Crippen molar-refractivity contribution in [3.8, 4) is 0 Å². The summed E-state index contributed by atoms with van der Waals surface area (Å²) in [7, 11) is 1.92. The number of para-hydroxylation sites is 1. The molecule has 1 aliphatic rings. The van der Waals surface area contributed by atoms with Gasteiger partial charge < -0.3 is 10.2 Å². The highest BCUT2D eigenvalue weighted by molar-refractivity contribution is 6.04. The van der Waals surface area contributed by atoms with Crippen molar-refractivity contribution in [1.82, 2.24) is 10.6 Å². The molecule has 0 radical (unpaired) electrons. The Morgan fingerprint density at radius 1 is 1.40 bits per heavy atom. The molecular weight excluding hydrogens is 254 g/mol. The third-order valence-electron chi connectivity index (χ3n) is 3.80. The summed E-state index contributed by atoms with van der Waals surface area (Å²) in [6.45, 7) is 4.14. The van der Waals surface area contributed by atoms with Gasteiger partial charge in [-0.05, 0) is 32.0 Å². The third-order valence-corrected chi connectivity index (χ3v) is 3.80. The predicted octanol–water partition coefficient (Wildman–Crippen LogP) is 1.21. The fourth-order valence-corrected chi connectivity index (χ4v) is 2.63. The van der Waals surface area contributed by atoms with E-state index in [2.05, 4.69) is 17.6 Å². The van der Waals surface area contributed by atoms with Crippen LogP contribution in [0.5, 0.6) is 0 Å². The molecule has 2 unspecified atom stereocenters. The third kappa shape index (κ3) is 2.67. The van der Waals surface area contributed by atoms with Gasteiger partial charge in [0, 0.05) is 11.7 Å². The number of benzene rings is 1. The Bertz CT molecular complexity index is 512. The molecular formula is C15H21N3O2. The molecule has 2 amide bonds. The van der Waals surface area contributed by atoms with Crippen LogP contribution in [0.3, 0.4) is 0 Å². The molecule has 5 nitrogen and oxygen atoms in total. The minimum Gasteiger partial charge on any atom is -0.350 e. The highest BCUT2D eigenvalue weighted by Gasteiger charge is 2.32. The van der Waals surface area contributed by atoms with E-state index in [-0.39, 0.29) is 30.4 Å². The maximum Gasteiger partial charge on any atom is 0.249 e. The molecule has 0 spiro atoms. The number of nitrogens with zero attached hydrogens (tertiary/aromatic N) is 1. The van der Waals surface area contributed by atoms with E-state index in [4.69, 9.17) is 0 Å². The van der Waals surface area contributed by atoms with Crippen molar-refractivity contribution in [2.45, 2.75) is 32.4 Å². The summed E-state index contributed by atoms with van der Waals surface area (Å²) in [6.07, 6.45) is 0.940. The molecule has 0 aliphatic carbocycles. The predicted molar refractivity (Wildman–Crippen MR) is 78.5 cm³/mol. The second-order valence-corrected chi connectivity index (χ2v) is 5.02. The quantitative estimate of drug-likeness (QED) is 0.811. The first kappa shape index (κ1) is 14.5. The summed E-state index contributed by atoms with van der Waals surface area (Å²) < 4.78 is 0. The van der Waals surface area contributed by atoms with E-state index < -0.39 is 0 Å². The van der Waals surface area contributed by atoms with Gasteiger partial charge in [0.05, 0.1) is 6.54 Å². The van der Waals surface area contributed by atoms with Gasteiger partial charge in [0.1, 0.15) is 6.04 Å². The van der Waals surface area contributed by atoms with Gasteiger partial charge in [0.15, 0.2) is 0 Å². The molecule has 1 saturated heterocycles. The summed E-state index contributed by atoms with van der Waals surface area (Å²) in [4.78, 5) is 25.3. The molecule has 0 saturated carbocycles. The number of piperazine rings is 1. The van der Waals surface area contributed by atoms with E-state index in [1.807, 2.05) is 43.1 Å². The van der Waals surface area contributed by atoms with Crippen LogP contribution in [0.4, 0.5) is 5.69 Å². The summed E-state index contributed by atoms with van der Waals surface area (Å²) in [5.74, 6) is -0.492. The molecule has 1 aromatic carbocycles. The normalized spacial score (nSPS) is 20.8. The zero-order valence-corrected chi connectivity index (χ0v) is 12.1. The zero-order valence-electron chi connectivity index (χ0n) is 12.1. The monoisotopic (exact) mass is 275 g/mol. The van der Waals surface area contributed by atoms with E-state index in [1.54, 1.807) is 0 Å². The topological polar surface area (TPSA) is 61.4 Å². The van der Waals surface area contributed by atoms with Crippen LogP contribution in [0.25, 0.3) is 0 Å². The molecule has 1 aliphatic heterocycles. The first-order chi connectivity index (χ1) is 9.58. The maximum atomic E-state index is 11.8. The first-order valence-corrected chi connectivity index (χ1v) is 6.95. The lowest BCUT2D eigenvalue weighted by molar-refractivity contribution is -0.132. The second kappa shape index (κ2) is 6.05. The molecule has 1 heterocycles. The lowest BCUT2D eigenvalue weighted by atomic mass is 10.00. The summed E-state index contributed by atoms with van der Waals surface area (Å²) >= 11 is 0. The Morgan fingerprint density at radius 3 is 2.75 bits per heavy atom. The number of nitrogens with one attached hydrogen (secondary N) is 2. The van der Waals surface area contributed by atoms with Gasteiger partial charge in [-0.3, -0.25) is 14.9 Å². The molecule has 0 aromatic heterocycles. The number of rotatable bonds is 4. The van der Waals surface area contributed by atoms with Gasteiger partial charge in [-0.25, -0.2) is 0 Å². The average molecular weight is 275 g/mol. The molecule has 5 heteroatoms. The fraction of sp³-hybridized carbons (Fsp3) is 0.467. The van der Waals surface area contributed by atoms with Crippen LogP contribution in [0, 0.1) is 0 Å². The van der Waals surface area contributed by atoms with Crippen LogP contribution in [0.1, 0.15) is 31.9 Å². The molecule has 1 aromatic rings. The summed E-state index contributed by atoms with van der Waals surface area (Å²) in [5.41, 5.74) is 2.07. The summed E-state index contributed by atoms with van der Waals surface area (Å²) in [5, 5.41) is 5.64. The van der Waals surface area contributed by atoms with Gasteiger partial charge >= 0.3 is 0 Å². The minimum absolute atomic E-state index is 0.207. The van der Waals surface area contributed by atoms with Crippen LogP contribution < -0.4 is 15.5 Å². The van der Waals surface area contributed by atoms with Crippen molar-refractivity contribution in [3.63, 3.8) is 0 Å². The van der Waals surface area contributed by atoms with Crippen molar-refractivity contribution < 1.29 is 9.59 Å². The number of hydrogen-bond acceptors (Lipinski definition) is 4. The van der Waals surface area contributed by atoms with Gasteiger partial charge in [-0.2, -0.15) is 0 Å². The Hall–Kier alpha value is -1.88. The van der Waals surface area contributed by atoms with Crippen LogP contribution in [-0.4, -0.2) is 31.4 Å². The van der Waals surface area contributed by atoms with Crippen LogP contribution in [0.15, 0.2) is 24.3 Å². The van der Waals surface area contributed by atoms with E-state index in [0.717, 1.165) is 17.7 Å². The molecule has 2 N–H and O–H groups in total. The number of amides is 2. The first-order valence-electron chi connectivity index (χ1n) is 6.95. The number of imide groups is 1. The fourth-order valence-electron chi connectivity index (χ4n) is 2.63. The Morgan fingerprint density at radius 2 is 2.10 bits per heavy atom. The number of carbonyl (C=O) groups excluding carboxylic acids is 2. The van der Waals surface area contributed by atoms with Crippen molar-refractivity contribution in [2.75, 3.05) is 18.5 Å². The maximum absolute atomic E-state index is 11.8. The molecule has 0 bridgehead atoms. The summed E-state index contributed by atoms with van der Waals surface area (Å²) in [6, 6.07) is 7.79. The van der Waals surface area contributed by atoms with Crippen molar-refractivity contribution in [3.05, 3.63) is 29.8 Å². The van der Waals surface area contributed by atoms with Crippen LogP contribution in [-0.2, 0) is 9.59 Å². The van der Waals surface area contributed by atoms with Gasteiger partial charge in [-0.15, -0.1) is 0 Å².